The van der Waals surface area contributed by atoms with Crippen LogP contribution in [0.2, 0.25) is 10.0 Å². The minimum absolute atomic E-state index is 0.276. The summed E-state index contributed by atoms with van der Waals surface area (Å²) in [4.78, 5) is 0. The van der Waals surface area contributed by atoms with Gasteiger partial charge in [-0.2, -0.15) is 0 Å². The molecular formula is C12H7Cl2F. The van der Waals surface area contributed by atoms with E-state index in [1.165, 1.54) is 12.1 Å². The van der Waals surface area contributed by atoms with Gasteiger partial charge < -0.3 is 0 Å². The van der Waals surface area contributed by atoms with Crippen LogP contribution >= 0.6 is 23.2 Å². The van der Waals surface area contributed by atoms with Crippen molar-refractivity contribution in [2.75, 3.05) is 0 Å². The van der Waals surface area contributed by atoms with Crippen LogP contribution in [-0.2, 0) is 0 Å². The molecule has 0 aliphatic heterocycles. The maximum atomic E-state index is 12.7. The van der Waals surface area contributed by atoms with Crippen LogP contribution in [0.3, 0.4) is 0 Å². The summed E-state index contributed by atoms with van der Waals surface area (Å²) in [6.45, 7) is 0. The van der Waals surface area contributed by atoms with E-state index in [1.54, 1.807) is 30.3 Å². The first-order valence-corrected chi connectivity index (χ1v) is 5.14. The standard InChI is InChI=1S/C12H7Cl2F/c13-10-2-1-3-11(14)12(10)8-4-6-9(15)7-5-8/h1-7H. The third-order valence-corrected chi connectivity index (χ3v) is 2.73. The summed E-state index contributed by atoms with van der Waals surface area (Å²) >= 11 is 12.1. The van der Waals surface area contributed by atoms with E-state index < -0.39 is 0 Å². The normalized spacial score (nSPS) is 10.3. The molecule has 0 amide bonds. The highest BCUT2D eigenvalue weighted by molar-refractivity contribution is 6.39. The Labute approximate surface area is 97.3 Å². The van der Waals surface area contributed by atoms with Gasteiger partial charge in [-0.15, -0.1) is 0 Å². The second-order valence-electron chi connectivity index (χ2n) is 3.10. The molecule has 0 aromatic heterocycles. The van der Waals surface area contributed by atoms with Gasteiger partial charge in [0.1, 0.15) is 5.82 Å². The third kappa shape index (κ3) is 2.14. The van der Waals surface area contributed by atoms with E-state index in [9.17, 15) is 4.39 Å². The van der Waals surface area contributed by atoms with Gasteiger partial charge in [0.05, 0.1) is 0 Å². The van der Waals surface area contributed by atoms with Crippen molar-refractivity contribution in [3.05, 3.63) is 58.3 Å². The summed E-state index contributed by atoms with van der Waals surface area (Å²) in [7, 11) is 0. The van der Waals surface area contributed by atoms with Crippen LogP contribution in [0.25, 0.3) is 11.1 Å². The van der Waals surface area contributed by atoms with Gasteiger partial charge in [0.15, 0.2) is 0 Å². The fraction of sp³-hybridized carbons (Fsp3) is 0. The number of halogens is 3. The Morgan fingerprint density at radius 3 is 1.87 bits per heavy atom. The average molecular weight is 241 g/mol. The largest absolute Gasteiger partial charge is 0.207 e. The molecule has 2 aromatic rings. The van der Waals surface area contributed by atoms with Gasteiger partial charge in [0, 0.05) is 15.6 Å². The molecule has 0 radical (unpaired) electrons. The van der Waals surface area contributed by atoms with Crippen molar-refractivity contribution in [3.8, 4) is 11.1 Å². The molecule has 2 rings (SSSR count). The Kier molecular flexibility index (Phi) is 2.94. The molecular weight excluding hydrogens is 234 g/mol. The van der Waals surface area contributed by atoms with Gasteiger partial charge in [-0.05, 0) is 29.8 Å². The van der Waals surface area contributed by atoms with Gasteiger partial charge in [-0.1, -0.05) is 41.4 Å². The zero-order valence-corrected chi connectivity index (χ0v) is 9.19. The summed E-state index contributed by atoms with van der Waals surface area (Å²) in [5, 5.41) is 1.13. The van der Waals surface area contributed by atoms with E-state index in [1.807, 2.05) is 0 Å². The molecule has 15 heavy (non-hydrogen) atoms. The molecule has 0 spiro atoms. The summed E-state index contributed by atoms with van der Waals surface area (Å²) < 4.78 is 12.7. The van der Waals surface area contributed by atoms with Crippen molar-refractivity contribution in [1.29, 1.82) is 0 Å². The lowest BCUT2D eigenvalue weighted by molar-refractivity contribution is 0.628. The van der Waals surface area contributed by atoms with Gasteiger partial charge in [0.25, 0.3) is 0 Å². The van der Waals surface area contributed by atoms with Crippen LogP contribution in [0.1, 0.15) is 0 Å². The first-order valence-electron chi connectivity index (χ1n) is 4.38. The molecule has 2 aromatic carbocycles. The molecule has 0 heterocycles. The number of hydrogen-bond donors (Lipinski definition) is 0. The smallest absolute Gasteiger partial charge is 0.123 e. The van der Waals surface area contributed by atoms with Crippen LogP contribution in [0.4, 0.5) is 4.39 Å². The van der Waals surface area contributed by atoms with Crippen molar-refractivity contribution in [3.63, 3.8) is 0 Å². The van der Waals surface area contributed by atoms with Gasteiger partial charge in [-0.25, -0.2) is 4.39 Å². The molecule has 0 unspecified atom stereocenters. The Bertz CT molecular complexity index is 457. The Morgan fingerprint density at radius 2 is 1.33 bits per heavy atom. The Hall–Kier alpha value is -1.05. The van der Waals surface area contributed by atoms with Crippen LogP contribution in [0, 0.1) is 5.82 Å². The van der Waals surface area contributed by atoms with Crippen molar-refractivity contribution < 1.29 is 4.39 Å². The lowest BCUT2D eigenvalue weighted by Gasteiger charge is -2.06. The average Bonchev–Trinajstić information content (AvgIpc) is 2.20. The van der Waals surface area contributed by atoms with E-state index >= 15 is 0 Å². The number of rotatable bonds is 1. The molecule has 0 atom stereocenters. The van der Waals surface area contributed by atoms with Crippen LogP contribution in [0.5, 0.6) is 0 Å². The molecule has 0 saturated heterocycles. The predicted molar refractivity (Wildman–Crippen MR) is 61.9 cm³/mol. The number of benzene rings is 2. The monoisotopic (exact) mass is 240 g/mol. The molecule has 0 aliphatic rings. The zero-order valence-electron chi connectivity index (χ0n) is 7.68. The molecule has 0 aliphatic carbocycles. The molecule has 0 saturated carbocycles. The highest BCUT2D eigenvalue weighted by Crippen LogP contribution is 2.34. The van der Waals surface area contributed by atoms with Gasteiger partial charge in [0.2, 0.25) is 0 Å². The minimum atomic E-state index is -0.276. The fourth-order valence-electron chi connectivity index (χ4n) is 1.39. The fourth-order valence-corrected chi connectivity index (χ4v) is 2.01. The number of hydrogen-bond acceptors (Lipinski definition) is 0. The van der Waals surface area contributed by atoms with E-state index in [2.05, 4.69) is 0 Å². The predicted octanol–water partition coefficient (Wildman–Crippen LogP) is 4.80. The highest BCUT2D eigenvalue weighted by Gasteiger charge is 2.07. The topological polar surface area (TPSA) is 0 Å². The van der Waals surface area contributed by atoms with E-state index in [0.717, 1.165) is 11.1 Å². The minimum Gasteiger partial charge on any atom is -0.207 e. The quantitative estimate of drug-likeness (QED) is 0.672. The lowest BCUT2D eigenvalue weighted by atomic mass is 10.1. The van der Waals surface area contributed by atoms with E-state index in [4.69, 9.17) is 23.2 Å². The maximum absolute atomic E-state index is 12.7. The summed E-state index contributed by atoms with van der Waals surface area (Å²) in [6, 6.07) is 11.4. The molecule has 76 valence electrons. The summed E-state index contributed by atoms with van der Waals surface area (Å²) in [6.07, 6.45) is 0. The van der Waals surface area contributed by atoms with Crippen molar-refractivity contribution in [1.82, 2.24) is 0 Å². The van der Waals surface area contributed by atoms with E-state index in [-0.39, 0.29) is 5.82 Å². The van der Waals surface area contributed by atoms with Crippen LogP contribution < -0.4 is 0 Å². The second-order valence-corrected chi connectivity index (χ2v) is 3.92. The Morgan fingerprint density at radius 1 is 0.800 bits per heavy atom. The SMILES string of the molecule is Fc1ccc(-c2c(Cl)cccc2Cl)cc1. The molecule has 0 nitrogen and oxygen atoms in total. The van der Waals surface area contributed by atoms with E-state index in [0.29, 0.717) is 10.0 Å². The van der Waals surface area contributed by atoms with Gasteiger partial charge >= 0.3 is 0 Å². The second kappa shape index (κ2) is 4.21. The van der Waals surface area contributed by atoms with Crippen molar-refractivity contribution in [2.24, 2.45) is 0 Å². The Balaban J connectivity index is 2.58. The molecule has 0 N–H and O–H groups in total. The molecule has 3 heteroatoms. The molecule has 0 bridgehead atoms. The van der Waals surface area contributed by atoms with Crippen molar-refractivity contribution >= 4 is 23.2 Å². The van der Waals surface area contributed by atoms with Crippen molar-refractivity contribution in [2.45, 2.75) is 0 Å². The van der Waals surface area contributed by atoms with Crippen LogP contribution in [0.15, 0.2) is 42.5 Å². The molecule has 0 fully saturated rings. The zero-order chi connectivity index (χ0) is 10.8. The van der Waals surface area contributed by atoms with Crippen LogP contribution in [-0.4, -0.2) is 0 Å². The highest BCUT2D eigenvalue weighted by atomic mass is 35.5. The summed E-state index contributed by atoms with van der Waals surface area (Å²) in [5.74, 6) is -0.276. The maximum Gasteiger partial charge on any atom is 0.123 e. The first-order chi connectivity index (χ1) is 7.18. The lowest BCUT2D eigenvalue weighted by Crippen LogP contribution is -1.82. The summed E-state index contributed by atoms with van der Waals surface area (Å²) in [5.41, 5.74) is 1.55. The first kappa shape index (κ1) is 10.5. The van der Waals surface area contributed by atoms with Gasteiger partial charge in [-0.3, -0.25) is 0 Å². The third-order valence-electron chi connectivity index (χ3n) is 2.10.